The van der Waals surface area contributed by atoms with Crippen molar-refractivity contribution in [1.29, 1.82) is 0 Å². The average Bonchev–Trinajstić information content (AvgIpc) is 2.34. The van der Waals surface area contributed by atoms with E-state index in [0.717, 1.165) is 25.9 Å². The zero-order chi connectivity index (χ0) is 14.5. The second-order valence-corrected chi connectivity index (χ2v) is 5.78. The summed E-state index contributed by atoms with van der Waals surface area (Å²) in [7, 11) is 1.60. The quantitative estimate of drug-likeness (QED) is 0.809. The molecule has 0 aromatic carbocycles. The highest BCUT2D eigenvalue weighted by molar-refractivity contribution is 4.81. The first-order valence-electron chi connectivity index (χ1n) is 6.80. The van der Waals surface area contributed by atoms with Crippen molar-refractivity contribution >= 4 is 0 Å². The smallest absolute Gasteiger partial charge is 0.379 e. The maximum absolute atomic E-state index is 12.7. The van der Waals surface area contributed by atoms with Crippen LogP contribution in [0.1, 0.15) is 33.1 Å². The molecule has 0 aromatic heterocycles. The highest BCUT2D eigenvalue weighted by Gasteiger charge is 2.34. The lowest BCUT2D eigenvalue weighted by molar-refractivity contribution is -0.153. The van der Waals surface area contributed by atoms with E-state index in [-0.39, 0.29) is 11.6 Å². The largest absolute Gasteiger partial charge is 0.401 e. The molecule has 0 aromatic rings. The van der Waals surface area contributed by atoms with Gasteiger partial charge in [-0.05, 0) is 46.2 Å². The van der Waals surface area contributed by atoms with E-state index in [9.17, 15) is 13.2 Å². The topological polar surface area (TPSA) is 24.5 Å². The molecule has 1 saturated heterocycles. The molecule has 0 unspecified atom stereocenters. The molecule has 0 saturated carbocycles. The van der Waals surface area contributed by atoms with E-state index in [1.165, 1.54) is 0 Å². The molecule has 1 aliphatic rings. The highest BCUT2D eigenvalue weighted by Crippen LogP contribution is 2.23. The summed E-state index contributed by atoms with van der Waals surface area (Å²) in [5, 5.41) is 3.18. The third kappa shape index (κ3) is 6.58. The molecule has 1 aliphatic heterocycles. The van der Waals surface area contributed by atoms with Gasteiger partial charge in [0.05, 0.1) is 12.1 Å². The van der Waals surface area contributed by atoms with Crippen LogP contribution in [0.5, 0.6) is 0 Å². The predicted octanol–water partition coefficient (Wildman–Crippen LogP) is 2.42. The fourth-order valence-corrected chi connectivity index (χ4v) is 2.31. The normalized spacial score (nSPS) is 19.1. The fraction of sp³-hybridized carbons (Fsp3) is 1.00. The molecule has 0 radical (unpaired) electrons. The zero-order valence-electron chi connectivity index (χ0n) is 12.0. The van der Waals surface area contributed by atoms with E-state index < -0.39 is 12.7 Å². The standard InChI is InChI=1S/C13H25F3N2O/c1-12(2,19-3)6-9-18(10-13(14,15)16)11-4-7-17-8-5-11/h11,17H,4-10H2,1-3H3. The van der Waals surface area contributed by atoms with Crippen LogP contribution in [0.3, 0.4) is 0 Å². The van der Waals surface area contributed by atoms with Crippen molar-refractivity contribution in [2.24, 2.45) is 0 Å². The van der Waals surface area contributed by atoms with Crippen LogP contribution >= 0.6 is 0 Å². The summed E-state index contributed by atoms with van der Waals surface area (Å²) in [6, 6.07) is 0.0236. The first kappa shape index (κ1) is 16.7. The van der Waals surface area contributed by atoms with Crippen LogP contribution in [0.2, 0.25) is 0 Å². The lowest BCUT2D eigenvalue weighted by atomic mass is 10.0. The molecular weight excluding hydrogens is 257 g/mol. The molecular formula is C13H25F3N2O. The molecule has 1 rings (SSSR count). The summed E-state index contributed by atoms with van der Waals surface area (Å²) in [4.78, 5) is 1.57. The third-order valence-electron chi connectivity index (χ3n) is 3.76. The zero-order valence-corrected chi connectivity index (χ0v) is 12.0. The molecule has 0 amide bonds. The second kappa shape index (κ2) is 6.90. The number of alkyl halides is 3. The molecule has 3 nitrogen and oxygen atoms in total. The molecule has 1 fully saturated rings. The van der Waals surface area contributed by atoms with E-state index in [1.807, 2.05) is 13.8 Å². The minimum Gasteiger partial charge on any atom is -0.379 e. The van der Waals surface area contributed by atoms with Crippen LogP contribution in [0, 0.1) is 0 Å². The minimum atomic E-state index is -4.14. The monoisotopic (exact) mass is 282 g/mol. The summed E-state index contributed by atoms with van der Waals surface area (Å²) in [6.45, 7) is 5.00. The van der Waals surface area contributed by atoms with Crippen molar-refractivity contribution in [2.75, 3.05) is 33.3 Å². The van der Waals surface area contributed by atoms with Crippen LogP contribution < -0.4 is 5.32 Å². The summed E-state index contributed by atoms with van der Waals surface area (Å²) >= 11 is 0. The molecule has 0 atom stereocenters. The number of hydrogen-bond donors (Lipinski definition) is 1. The Morgan fingerprint density at radius 3 is 2.26 bits per heavy atom. The van der Waals surface area contributed by atoms with Gasteiger partial charge in [-0.3, -0.25) is 4.90 Å². The van der Waals surface area contributed by atoms with Gasteiger partial charge in [-0.25, -0.2) is 0 Å². The van der Waals surface area contributed by atoms with Gasteiger partial charge in [0.2, 0.25) is 0 Å². The Bertz CT molecular complexity index is 263. The van der Waals surface area contributed by atoms with Crippen LogP contribution in [-0.2, 0) is 4.74 Å². The maximum Gasteiger partial charge on any atom is 0.401 e. The number of hydrogen-bond acceptors (Lipinski definition) is 3. The van der Waals surface area contributed by atoms with Crippen molar-refractivity contribution < 1.29 is 17.9 Å². The average molecular weight is 282 g/mol. The molecule has 114 valence electrons. The number of rotatable bonds is 6. The summed E-state index contributed by atoms with van der Waals surface area (Å²) in [5.74, 6) is 0. The molecule has 0 spiro atoms. The fourth-order valence-electron chi connectivity index (χ4n) is 2.31. The maximum atomic E-state index is 12.7. The summed E-state index contributed by atoms with van der Waals surface area (Å²) in [5.41, 5.74) is -0.378. The van der Waals surface area contributed by atoms with Crippen molar-refractivity contribution in [3.8, 4) is 0 Å². The highest BCUT2D eigenvalue weighted by atomic mass is 19.4. The van der Waals surface area contributed by atoms with Crippen LogP contribution in [0.15, 0.2) is 0 Å². The van der Waals surface area contributed by atoms with Crippen molar-refractivity contribution in [3.63, 3.8) is 0 Å². The summed E-state index contributed by atoms with van der Waals surface area (Å²) in [6.07, 6.45) is -1.97. The molecule has 1 heterocycles. The van der Waals surface area contributed by atoms with Gasteiger partial charge in [0, 0.05) is 19.7 Å². The van der Waals surface area contributed by atoms with Crippen LogP contribution in [-0.4, -0.2) is 56.0 Å². The lowest BCUT2D eigenvalue weighted by Gasteiger charge is -2.37. The Hall–Kier alpha value is -0.330. The first-order valence-corrected chi connectivity index (χ1v) is 6.80. The number of piperidine rings is 1. The van der Waals surface area contributed by atoms with Gasteiger partial charge in [0.15, 0.2) is 0 Å². The van der Waals surface area contributed by atoms with Crippen LogP contribution in [0.4, 0.5) is 13.2 Å². The first-order chi connectivity index (χ1) is 8.73. The third-order valence-corrected chi connectivity index (χ3v) is 3.76. The minimum absolute atomic E-state index is 0.0236. The molecule has 0 bridgehead atoms. The Balaban J connectivity index is 2.58. The Morgan fingerprint density at radius 1 is 1.21 bits per heavy atom. The van der Waals surface area contributed by atoms with E-state index in [1.54, 1.807) is 12.0 Å². The molecule has 19 heavy (non-hydrogen) atoms. The Morgan fingerprint density at radius 2 is 1.79 bits per heavy atom. The molecule has 0 aliphatic carbocycles. The van der Waals surface area contributed by atoms with Crippen LogP contribution in [0.25, 0.3) is 0 Å². The van der Waals surface area contributed by atoms with E-state index in [4.69, 9.17) is 4.74 Å². The van der Waals surface area contributed by atoms with Gasteiger partial charge >= 0.3 is 6.18 Å². The van der Waals surface area contributed by atoms with E-state index in [2.05, 4.69) is 5.32 Å². The number of nitrogens with zero attached hydrogens (tertiary/aromatic N) is 1. The lowest BCUT2D eigenvalue weighted by Crippen LogP contribution is -2.48. The second-order valence-electron chi connectivity index (χ2n) is 5.78. The van der Waals surface area contributed by atoms with Gasteiger partial charge in [0.1, 0.15) is 0 Å². The van der Waals surface area contributed by atoms with Gasteiger partial charge < -0.3 is 10.1 Å². The number of halogens is 3. The van der Waals surface area contributed by atoms with E-state index >= 15 is 0 Å². The molecule has 6 heteroatoms. The Labute approximate surface area is 113 Å². The predicted molar refractivity (Wildman–Crippen MR) is 69.2 cm³/mol. The van der Waals surface area contributed by atoms with Gasteiger partial charge in [0.25, 0.3) is 0 Å². The van der Waals surface area contributed by atoms with Gasteiger partial charge in [-0.1, -0.05) is 0 Å². The number of methoxy groups -OCH3 is 1. The number of ether oxygens (including phenoxy) is 1. The molecule has 1 N–H and O–H groups in total. The van der Waals surface area contributed by atoms with Gasteiger partial charge in [-0.2, -0.15) is 13.2 Å². The SMILES string of the molecule is COC(C)(C)CCN(CC(F)(F)F)C1CCNCC1. The Kier molecular flexibility index (Phi) is 6.08. The van der Waals surface area contributed by atoms with E-state index in [0.29, 0.717) is 13.0 Å². The van der Waals surface area contributed by atoms with Crippen molar-refractivity contribution in [3.05, 3.63) is 0 Å². The number of nitrogens with one attached hydrogen (secondary N) is 1. The van der Waals surface area contributed by atoms with Gasteiger partial charge in [-0.15, -0.1) is 0 Å². The summed E-state index contributed by atoms with van der Waals surface area (Å²) < 4.78 is 43.3. The van der Waals surface area contributed by atoms with Crippen molar-refractivity contribution in [1.82, 2.24) is 10.2 Å². The van der Waals surface area contributed by atoms with Crippen molar-refractivity contribution in [2.45, 2.75) is 50.9 Å².